The Morgan fingerprint density at radius 3 is 2.67 bits per heavy atom. The molecule has 1 nitrogen and oxygen atoms in total. The second-order valence-corrected chi connectivity index (χ2v) is 3.30. The van der Waals surface area contributed by atoms with Crippen LogP contribution < -0.4 is 0 Å². The molecule has 12 heavy (non-hydrogen) atoms. The van der Waals surface area contributed by atoms with Crippen LogP contribution in [0.25, 0.3) is 0 Å². The van der Waals surface area contributed by atoms with Crippen molar-refractivity contribution in [3.05, 3.63) is 12.2 Å². The molecule has 0 N–H and O–H groups in total. The molecule has 0 aromatic rings. The number of carbonyl (C=O) groups excluding carboxylic acids is 1. The first-order valence-corrected chi connectivity index (χ1v) is 4.91. The van der Waals surface area contributed by atoms with Gasteiger partial charge in [-0.25, -0.2) is 0 Å². The Morgan fingerprint density at radius 1 is 1.33 bits per heavy atom. The van der Waals surface area contributed by atoms with Crippen molar-refractivity contribution in [2.75, 3.05) is 0 Å². The summed E-state index contributed by atoms with van der Waals surface area (Å²) in [5.41, 5.74) is 0. The zero-order valence-corrected chi connectivity index (χ0v) is 8.25. The topological polar surface area (TPSA) is 17.1 Å². The van der Waals surface area contributed by atoms with E-state index in [0.717, 1.165) is 12.7 Å². The van der Waals surface area contributed by atoms with E-state index in [1.165, 1.54) is 19.3 Å². The minimum atomic E-state index is 0.420. The molecule has 0 fully saturated rings. The first-order chi connectivity index (χ1) is 5.81. The van der Waals surface area contributed by atoms with Crippen molar-refractivity contribution in [3.63, 3.8) is 0 Å². The second-order valence-electron chi connectivity index (χ2n) is 3.30. The average Bonchev–Trinajstić information content (AvgIpc) is 2.05. The zero-order valence-electron chi connectivity index (χ0n) is 8.25. The van der Waals surface area contributed by atoms with E-state index in [-0.39, 0.29) is 0 Å². The highest BCUT2D eigenvalue weighted by molar-refractivity contribution is 5.50. The molecule has 0 bridgehead atoms. The van der Waals surface area contributed by atoms with Crippen LogP contribution in [0.2, 0.25) is 0 Å². The normalized spacial score (nSPS) is 13.5. The van der Waals surface area contributed by atoms with Crippen molar-refractivity contribution in [1.29, 1.82) is 0 Å². The van der Waals surface area contributed by atoms with Gasteiger partial charge in [0.2, 0.25) is 0 Å². The van der Waals surface area contributed by atoms with Gasteiger partial charge in [0, 0.05) is 6.42 Å². The summed E-state index contributed by atoms with van der Waals surface area (Å²) in [5.74, 6) is 0.420. The van der Waals surface area contributed by atoms with Gasteiger partial charge in [-0.2, -0.15) is 0 Å². The molecule has 0 unspecified atom stereocenters. The van der Waals surface area contributed by atoms with Crippen LogP contribution in [0.4, 0.5) is 0 Å². The number of aldehydes is 1. The molecule has 0 saturated carbocycles. The van der Waals surface area contributed by atoms with Crippen molar-refractivity contribution in [1.82, 2.24) is 0 Å². The highest BCUT2D eigenvalue weighted by atomic mass is 16.1. The number of hydrogen-bond donors (Lipinski definition) is 0. The van der Waals surface area contributed by atoms with Crippen LogP contribution >= 0.6 is 0 Å². The standard InChI is InChI=1S/C11H20O/c1-3-4-5-6-7-8-11(2)9-10-12/h7-8,10-11H,3-6,9H2,1-2H3/b8-7+/t11-/m1/s1. The van der Waals surface area contributed by atoms with E-state index in [0.29, 0.717) is 12.3 Å². The molecule has 0 aliphatic carbocycles. The second kappa shape index (κ2) is 8.51. The van der Waals surface area contributed by atoms with Crippen LogP contribution in [0.15, 0.2) is 12.2 Å². The summed E-state index contributed by atoms with van der Waals surface area (Å²) in [5, 5.41) is 0. The van der Waals surface area contributed by atoms with Gasteiger partial charge in [0.05, 0.1) is 0 Å². The fourth-order valence-electron chi connectivity index (χ4n) is 1.07. The Labute approximate surface area is 75.9 Å². The Hall–Kier alpha value is -0.590. The SMILES string of the molecule is CCCCC/C=C/[C@@H](C)CC=O. The van der Waals surface area contributed by atoms with Crippen LogP contribution in [0.3, 0.4) is 0 Å². The molecule has 0 radical (unpaired) electrons. The fourth-order valence-corrected chi connectivity index (χ4v) is 1.07. The van der Waals surface area contributed by atoms with Gasteiger partial charge < -0.3 is 4.79 Å². The van der Waals surface area contributed by atoms with Crippen molar-refractivity contribution in [2.24, 2.45) is 5.92 Å². The average molecular weight is 168 g/mol. The van der Waals surface area contributed by atoms with Gasteiger partial charge in [0.15, 0.2) is 0 Å². The number of carbonyl (C=O) groups is 1. The minimum absolute atomic E-state index is 0.420. The first-order valence-electron chi connectivity index (χ1n) is 4.91. The summed E-state index contributed by atoms with van der Waals surface area (Å²) in [4.78, 5) is 10.1. The molecule has 0 amide bonds. The molecule has 70 valence electrons. The monoisotopic (exact) mass is 168 g/mol. The number of hydrogen-bond acceptors (Lipinski definition) is 1. The maximum absolute atomic E-state index is 10.1. The smallest absolute Gasteiger partial charge is 0.120 e. The molecule has 0 spiro atoms. The van der Waals surface area contributed by atoms with E-state index in [9.17, 15) is 4.79 Å². The molecule has 0 aromatic carbocycles. The molecule has 0 heterocycles. The summed E-state index contributed by atoms with van der Waals surface area (Å²) < 4.78 is 0. The lowest BCUT2D eigenvalue weighted by Crippen LogP contribution is -1.89. The van der Waals surface area contributed by atoms with E-state index in [2.05, 4.69) is 26.0 Å². The van der Waals surface area contributed by atoms with Gasteiger partial charge in [0.25, 0.3) is 0 Å². The highest BCUT2D eigenvalue weighted by Crippen LogP contribution is 2.04. The van der Waals surface area contributed by atoms with E-state index in [4.69, 9.17) is 0 Å². The maximum atomic E-state index is 10.1. The third-order valence-electron chi connectivity index (χ3n) is 1.91. The number of rotatable bonds is 7. The molecule has 0 saturated heterocycles. The lowest BCUT2D eigenvalue weighted by atomic mass is 10.1. The lowest BCUT2D eigenvalue weighted by Gasteiger charge is -1.98. The third-order valence-corrected chi connectivity index (χ3v) is 1.91. The zero-order chi connectivity index (χ0) is 9.23. The molecular formula is C11H20O. The Bertz CT molecular complexity index is 127. The maximum Gasteiger partial charge on any atom is 0.120 e. The molecule has 0 aromatic heterocycles. The molecule has 1 heteroatoms. The summed E-state index contributed by atoms with van der Waals surface area (Å²) >= 11 is 0. The van der Waals surface area contributed by atoms with Gasteiger partial charge in [-0.15, -0.1) is 0 Å². The van der Waals surface area contributed by atoms with E-state index in [1.807, 2.05) is 0 Å². The molecular weight excluding hydrogens is 148 g/mol. The van der Waals surface area contributed by atoms with Gasteiger partial charge in [0.1, 0.15) is 6.29 Å². The lowest BCUT2D eigenvalue weighted by molar-refractivity contribution is -0.108. The van der Waals surface area contributed by atoms with Crippen LogP contribution in [0.5, 0.6) is 0 Å². The Kier molecular flexibility index (Phi) is 8.09. The van der Waals surface area contributed by atoms with Gasteiger partial charge in [-0.1, -0.05) is 38.8 Å². The fraction of sp³-hybridized carbons (Fsp3) is 0.727. The van der Waals surface area contributed by atoms with Crippen LogP contribution in [-0.2, 0) is 4.79 Å². The molecule has 0 aliphatic rings. The number of unbranched alkanes of at least 4 members (excludes halogenated alkanes) is 3. The molecule has 0 rings (SSSR count). The van der Waals surface area contributed by atoms with Crippen LogP contribution in [0, 0.1) is 5.92 Å². The highest BCUT2D eigenvalue weighted by Gasteiger charge is 1.92. The van der Waals surface area contributed by atoms with Crippen molar-refractivity contribution >= 4 is 6.29 Å². The molecule has 0 aliphatic heterocycles. The van der Waals surface area contributed by atoms with Crippen molar-refractivity contribution in [2.45, 2.75) is 46.0 Å². The summed E-state index contributed by atoms with van der Waals surface area (Å²) in [6.45, 7) is 4.28. The molecule has 1 atom stereocenters. The van der Waals surface area contributed by atoms with Crippen molar-refractivity contribution < 1.29 is 4.79 Å². The van der Waals surface area contributed by atoms with Gasteiger partial charge in [-0.3, -0.25) is 0 Å². The van der Waals surface area contributed by atoms with Gasteiger partial charge >= 0.3 is 0 Å². The quantitative estimate of drug-likeness (QED) is 0.324. The largest absolute Gasteiger partial charge is 0.303 e. The number of allylic oxidation sites excluding steroid dienone is 2. The summed E-state index contributed by atoms with van der Waals surface area (Å²) in [6, 6.07) is 0. The van der Waals surface area contributed by atoms with E-state index < -0.39 is 0 Å². The predicted molar refractivity (Wildman–Crippen MR) is 53.1 cm³/mol. The summed E-state index contributed by atoms with van der Waals surface area (Å²) in [6.07, 6.45) is 11.0. The van der Waals surface area contributed by atoms with Crippen molar-refractivity contribution in [3.8, 4) is 0 Å². The summed E-state index contributed by atoms with van der Waals surface area (Å²) in [7, 11) is 0. The van der Waals surface area contributed by atoms with Crippen LogP contribution in [0.1, 0.15) is 46.0 Å². The first kappa shape index (κ1) is 11.4. The minimum Gasteiger partial charge on any atom is -0.303 e. The van der Waals surface area contributed by atoms with E-state index in [1.54, 1.807) is 0 Å². The van der Waals surface area contributed by atoms with Crippen LogP contribution in [-0.4, -0.2) is 6.29 Å². The third kappa shape index (κ3) is 7.52. The Morgan fingerprint density at radius 2 is 2.08 bits per heavy atom. The predicted octanol–water partition coefficient (Wildman–Crippen LogP) is 3.35. The van der Waals surface area contributed by atoms with Gasteiger partial charge in [-0.05, 0) is 18.8 Å². The van der Waals surface area contributed by atoms with E-state index >= 15 is 0 Å². The Balaban J connectivity index is 3.28.